The minimum atomic E-state index is -4.68. The van der Waals surface area contributed by atoms with E-state index < -0.39 is 22.0 Å². The molecule has 0 fully saturated rings. The van der Waals surface area contributed by atoms with Gasteiger partial charge in [-0.2, -0.15) is 13.2 Å². The lowest BCUT2D eigenvalue weighted by atomic mass is 10.1. The summed E-state index contributed by atoms with van der Waals surface area (Å²) in [7, 11) is -3.91. The minimum absolute atomic E-state index is 0.00972. The zero-order valence-corrected chi connectivity index (χ0v) is 12.5. The Morgan fingerprint density at radius 2 is 1.64 bits per heavy atom. The summed E-state index contributed by atoms with van der Waals surface area (Å²) in [6.07, 6.45) is -3.13. The number of halogens is 3. The van der Waals surface area contributed by atoms with E-state index in [0.29, 0.717) is 0 Å². The summed E-state index contributed by atoms with van der Waals surface area (Å²) in [6.45, 7) is 3.60. The zero-order valence-electron chi connectivity index (χ0n) is 11.6. The number of aryl methyl sites for hydroxylation is 2. The molecule has 0 amide bonds. The van der Waals surface area contributed by atoms with Crippen molar-refractivity contribution in [3.8, 4) is 0 Å². The summed E-state index contributed by atoms with van der Waals surface area (Å²) in [5, 5.41) is 0. The van der Waals surface area contributed by atoms with Crippen LogP contribution in [0.4, 0.5) is 18.9 Å². The van der Waals surface area contributed by atoms with Crippen LogP contribution in [0, 0.1) is 13.8 Å². The number of nitrogens with zero attached hydrogens (tertiary/aromatic N) is 2. The molecule has 0 saturated heterocycles. The number of benzene rings is 1. The number of aromatic nitrogens is 2. The molecule has 0 aliphatic carbocycles. The number of nitrogens with one attached hydrogen (secondary N) is 1. The van der Waals surface area contributed by atoms with Gasteiger partial charge in [-0.15, -0.1) is 0 Å². The second-order valence-corrected chi connectivity index (χ2v) is 6.33. The summed E-state index contributed by atoms with van der Waals surface area (Å²) in [6, 6.07) is 4.53. The van der Waals surface area contributed by atoms with Crippen LogP contribution in [0.1, 0.15) is 17.0 Å². The first-order valence-corrected chi connectivity index (χ1v) is 7.57. The van der Waals surface area contributed by atoms with E-state index in [1.54, 1.807) is 13.0 Å². The van der Waals surface area contributed by atoms with Crippen molar-refractivity contribution in [2.24, 2.45) is 0 Å². The van der Waals surface area contributed by atoms with Crippen molar-refractivity contribution in [1.29, 1.82) is 0 Å². The quantitative estimate of drug-likeness (QED) is 0.939. The average Bonchev–Trinajstić information content (AvgIpc) is 2.41. The summed E-state index contributed by atoms with van der Waals surface area (Å²) in [5.41, 5.74) is 1.56. The third-order valence-electron chi connectivity index (χ3n) is 2.95. The molecule has 0 saturated carbocycles. The highest BCUT2D eigenvalue weighted by atomic mass is 32.2. The van der Waals surface area contributed by atoms with Gasteiger partial charge in [0.1, 0.15) is 0 Å². The normalized spacial score (nSPS) is 12.2. The van der Waals surface area contributed by atoms with Crippen molar-refractivity contribution < 1.29 is 21.6 Å². The summed E-state index contributed by atoms with van der Waals surface area (Å²) >= 11 is 0. The van der Waals surface area contributed by atoms with Gasteiger partial charge in [0.25, 0.3) is 10.0 Å². The van der Waals surface area contributed by atoms with E-state index in [1.807, 2.05) is 6.92 Å². The molecule has 2 rings (SSSR count). The molecular formula is C13H12F3N3O2S. The number of hydrogen-bond acceptors (Lipinski definition) is 4. The van der Waals surface area contributed by atoms with Gasteiger partial charge in [0.15, 0.2) is 0 Å². The Kier molecular flexibility index (Phi) is 4.10. The SMILES string of the molecule is Cc1ccc(S(=O)(=O)Nc2cnc(C(F)(F)F)nc2)cc1C. The van der Waals surface area contributed by atoms with Gasteiger partial charge in [-0.25, -0.2) is 18.4 Å². The van der Waals surface area contributed by atoms with E-state index in [4.69, 9.17) is 0 Å². The van der Waals surface area contributed by atoms with Gasteiger partial charge in [0, 0.05) is 0 Å². The lowest BCUT2D eigenvalue weighted by Gasteiger charge is -2.10. The number of alkyl halides is 3. The molecule has 0 spiro atoms. The first kappa shape index (κ1) is 16.2. The van der Waals surface area contributed by atoms with E-state index >= 15 is 0 Å². The smallest absolute Gasteiger partial charge is 0.276 e. The molecular weight excluding hydrogens is 319 g/mol. The lowest BCUT2D eigenvalue weighted by Crippen LogP contribution is -2.15. The summed E-state index contributed by atoms with van der Waals surface area (Å²) < 4.78 is 63.5. The maximum absolute atomic E-state index is 12.3. The lowest BCUT2D eigenvalue weighted by molar-refractivity contribution is -0.144. The number of anilines is 1. The van der Waals surface area contributed by atoms with E-state index in [0.717, 1.165) is 23.5 Å². The molecule has 118 valence electrons. The van der Waals surface area contributed by atoms with Gasteiger partial charge in [-0.1, -0.05) is 6.07 Å². The van der Waals surface area contributed by atoms with Crippen LogP contribution < -0.4 is 4.72 Å². The van der Waals surface area contributed by atoms with Gasteiger partial charge >= 0.3 is 6.18 Å². The molecule has 0 aliphatic heterocycles. The monoisotopic (exact) mass is 331 g/mol. The fourth-order valence-electron chi connectivity index (χ4n) is 1.62. The molecule has 22 heavy (non-hydrogen) atoms. The Morgan fingerprint density at radius 3 is 2.14 bits per heavy atom. The van der Waals surface area contributed by atoms with Crippen molar-refractivity contribution in [3.63, 3.8) is 0 Å². The average molecular weight is 331 g/mol. The molecule has 2 aromatic rings. The standard InChI is InChI=1S/C13H12F3N3O2S/c1-8-3-4-11(5-9(8)2)22(20,21)19-10-6-17-12(18-7-10)13(14,15)16/h3-7,19H,1-2H3. The zero-order chi connectivity index (χ0) is 16.5. The Hall–Kier alpha value is -2.16. The third-order valence-corrected chi connectivity index (χ3v) is 4.33. The number of sulfonamides is 1. The highest BCUT2D eigenvalue weighted by Crippen LogP contribution is 2.26. The van der Waals surface area contributed by atoms with Crippen LogP contribution in [0.15, 0.2) is 35.5 Å². The van der Waals surface area contributed by atoms with Crippen molar-refractivity contribution >= 4 is 15.7 Å². The molecule has 0 radical (unpaired) electrons. The van der Waals surface area contributed by atoms with E-state index in [1.165, 1.54) is 12.1 Å². The molecule has 1 aromatic heterocycles. The first-order valence-electron chi connectivity index (χ1n) is 6.09. The molecule has 1 N–H and O–H groups in total. The largest absolute Gasteiger partial charge is 0.451 e. The minimum Gasteiger partial charge on any atom is -0.276 e. The fourth-order valence-corrected chi connectivity index (χ4v) is 2.73. The van der Waals surface area contributed by atoms with Gasteiger partial charge in [-0.3, -0.25) is 4.72 Å². The predicted molar refractivity (Wildman–Crippen MR) is 73.8 cm³/mol. The highest BCUT2D eigenvalue weighted by molar-refractivity contribution is 7.92. The van der Waals surface area contributed by atoms with Gasteiger partial charge < -0.3 is 0 Å². The Balaban J connectivity index is 2.27. The molecule has 0 atom stereocenters. The van der Waals surface area contributed by atoms with E-state index in [-0.39, 0.29) is 10.6 Å². The molecule has 0 bridgehead atoms. The molecule has 0 unspecified atom stereocenters. The van der Waals surface area contributed by atoms with E-state index in [2.05, 4.69) is 14.7 Å². The van der Waals surface area contributed by atoms with Crippen LogP contribution in [-0.4, -0.2) is 18.4 Å². The van der Waals surface area contributed by atoms with Gasteiger partial charge in [-0.05, 0) is 37.1 Å². The molecule has 1 aromatic carbocycles. The van der Waals surface area contributed by atoms with Gasteiger partial charge in [0.05, 0.1) is 23.0 Å². The molecule has 5 nitrogen and oxygen atoms in total. The second-order valence-electron chi connectivity index (χ2n) is 4.64. The van der Waals surface area contributed by atoms with Crippen molar-refractivity contribution in [3.05, 3.63) is 47.5 Å². The highest BCUT2D eigenvalue weighted by Gasteiger charge is 2.34. The van der Waals surface area contributed by atoms with Crippen molar-refractivity contribution in [1.82, 2.24) is 9.97 Å². The topological polar surface area (TPSA) is 72.0 Å². The van der Waals surface area contributed by atoms with Gasteiger partial charge in [0.2, 0.25) is 5.82 Å². The van der Waals surface area contributed by atoms with Crippen molar-refractivity contribution in [2.75, 3.05) is 4.72 Å². The molecule has 0 aliphatic rings. The first-order chi connectivity index (χ1) is 10.1. The Bertz CT molecular complexity index is 787. The maximum Gasteiger partial charge on any atom is 0.451 e. The predicted octanol–water partition coefficient (Wildman–Crippen LogP) is 2.91. The number of hydrogen-bond donors (Lipinski definition) is 1. The Labute approximate surface area is 125 Å². The van der Waals surface area contributed by atoms with Crippen LogP contribution in [0.25, 0.3) is 0 Å². The van der Waals surface area contributed by atoms with Crippen LogP contribution in [-0.2, 0) is 16.2 Å². The van der Waals surface area contributed by atoms with E-state index in [9.17, 15) is 21.6 Å². The van der Waals surface area contributed by atoms with Crippen molar-refractivity contribution in [2.45, 2.75) is 24.9 Å². The fraction of sp³-hybridized carbons (Fsp3) is 0.231. The van der Waals surface area contributed by atoms with Crippen LogP contribution in [0.2, 0.25) is 0 Å². The van der Waals surface area contributed by atoms with Crippen LogP contribution >= 0.6 is 0 Å². The third kappa shape index (κ3) is 3.53. The Morgan fingerprint density at radius 1 is 1.05 bits per heavy atom. The molecule has 9 heteroatoms. The second kappa shape index (κ2) is 5.56. The maximum atomic E-state index is 12.3. The summed E-state index contributed by atoms with van der Waals surface area (Å²) in [4.78, 5) is 6.20. The summed E-state index contributed by atoms with van der Waals surface area (Å²) in [5.74, 6) is -1.33. The van der Waals surface area contributed by atoms with Crippen LogP contribution in [0.5, 0.6) is 0 Å². The molecule has 1 heterocycles. The number of rotatable bonds is 3. The van der Waals surface area contributed by atoms with Crippen LogP contribution in [0.3, 0.4) is 0 Å².